The van der Waals surface area contributed by atoms with E-state index in [1.54, 1.807) is 23.2 Å². The number of piperidine rings is 1. The van der Waals surface area contributed by atoms with Gasteiger partial charge in [-0.25, -0.2) is 4.79 Å². The molecule has 2 aromatic heterocycles. The molecule has 0 atom stereocenters. The quantitative estimate of drug-likeness (QED) is 0.734. The van der Waals surface area contributed by atoms with Crippen LogP contribution in [0.3, 0.4) is 0 Å². The van der Waals surface area contributed by atoms with Crippen molar-refractivity contribution in [3.8, 4) is 0 Å². The van der Waals surface area contributed by atoms with Crippen molar-refractivity contribution >= 4 is 17.8 Å². The Balaban J connectivity index is 0.000000383. The minimum atomic E-state index is -5.08. The molecule has 0 unspecified atom stereocenters. The van der Waals surface area contributed by atoms with Crippen LogP contribution in [-0.4, -0.2) is 75.7 Å². The first-order valence-electron chi connectivity index (χ1n) is 10.0. The SMILES string of the molecule is O=C(O)C(F)(F)F.O=C1COC2(CCN(C(=O)c3ccco3)CC2)CN1Cc1ccccn1. The smallest absolute Gasteiger partial charge is 0.475 e. The van der Waals surface area contributed by atoms with E-state index in [-0.39, 0.29) is 24.0 Å². The van der Waals surface area contributed by atoms with Crippen LogP contribution in [0.2, 0.25) is 0 Å². The molecule has 2 aliphatic heterocycles. The number of alkyl halides is 3. The summed E-state index contributed by atoms with van der Waals surface area (Å²) in [5.41, 5.74) is 0.478. The number of hydrogen-bond acceptors (Lipinski definition) is 6. The van der Waals surface area contributed by atoms with E-state index in [2.05, 4.69) is 4.98 Å². The van der Waals surface area contributed by atoms with Crippen LogP contribution in [0, 0.1) is 0 Å². The van der Waals surface area contributed by atoms with Gasteiger partial charge < -0.3 is 24.1 Å². The topological polar surface area (TPSA) is 113 Å². The number of likely N-dealkylation sites (tertiary alicyclic amines) is 1. The van der Waals surface area contributed by atoms with Gasteiger partial charge in [0.2, 0.25) is 5.91 Å². The van der Waals surface area contributed by atoms with Crippen LogP contribution in [0.5, 0.6) is 0 Å². The van der Waals surface area contributed by atoms with Crippen LogP contribution in [0.1, 0.15) is 29.1 Å². The minimum Gasteiger partial charge on any atom is -0.475 e. The molecule has 2 saturated heterocycles. The Morgan fingerprint density at radius 3 is 2.39 bits per heavy atom. The van der Waals surface area contributed by atoms with Crippen molar-refractivity contribution in [2.75, 3.05) is 26.2 Å². The molecule has 33 heavy (non-hydrogen) atoms. The standard InChI is InChI=1S/C19H21N3O4.C2HF3O2/c23-17-13-26-19(14-22(17)12-15-4-1-2-8-20-15)6-9-21(10-7-19)18(24)16-5-3-11-25-16;3-2(4,5)1(6)7/h1-5,8,11H,6-7,9-10,12-14H2;(H,6,7). The number of rotatable bonds is 3. The highest BCUT2D eigenvalue weighted by atomic mass is 19.4. The Bertz CT molecular complexity index is 957. The van der Waals surface area contributed by atoms with E-state index < -0.39 is 12.1 Å². The van der Waals surface area contributed by atoms with Gasteiger partial charge in [0.1, 0.15) is 6.61 Å². The number of halogens is 3. The molecule has 0 saturated carbocycles. The summed E-state index contributed by atoms with van der Waals surface area (Å²) >= 11 is 0. The zero-order valence-corrected chi connectivity index (χ0v) is 17.5. The molecular weight excluding hydrogens is 447 g/mol. The highest BCUT2D eigenvalue weighted by molar-refractivity contribution is 5.91. The minimum absolute atomic E-state index is 0.0182. The largest absolute Gasteiger partial charge is 0.490 e. The maximum Gasteiger partial charge on any atom is 0.490 e. The van der Waals surface area contributed by atoms with Gasteiger partial charge in [-0.1, -0.05) is 6.07 Å². The highest BCUT2D eigenvalue weighted by Gasteiger charge is 2.43. The van der Waals surface area contributed by atoms with Crippen molar-refractivity contribution < 1.29 is 41.8 Å². The third kappa shape index (κ3) is 6.31. The first-order valence-corrected chi connectivity index (χ1v) is 10.0. The summed E-state index contributed by atoms with van der Waals surface area (Å²) in [5, 5.41) is 7.12. The Labute approximate surface area is 186 Å². The van der Waals surface area contributed by atoms with Crippen molar-refractivity contribution in [1.82, 2.24) is 14.8 Å². The maximum atomic E-state index is 12.4. The van der Waals surface area contributed by atoms with Gasteiger partial charge in [0.15, 0.2) is 5.76 Å². The Hall–Kier alpha value is -3.41. The number of carbonyl (C=O) groups is 3. The lowest BCUT2D eigenvalue weighted by Crippen LogP contribution is -2.59. The zero-order valence-electron chi connectivity index (χ0n) is 17.5. The first-order chi connectivity index (χ1) is 15.6. The summed E-state index contributed by atoms with van der Waals surface area (Å²) in [5.74, 6) is -2.51. The molecule has 2 amide bonds. The second-order valence-corrected chi connectivity index (χ2v) is 7.61. The molecule has 12 heteroatoms. The average molecular weight is 469 g/mol. The van der Waals surface area contributed by atoms with E-state index >= 15 is 0 Å². The average Bonchev–Trinajstić information content (AvgIpc) is 3.32. The molecule has 0 radical (unpaired) electrons. The molecule has 2 fully saturated rings. The molecule has 4 heterocycles. The van der Waals surface area contributed by atoms with E-state index in [1.165, 1.54) is 6.26 Å². The molecule has 1 spiro atoms. The predicted molar refractivity (Wildman–Crippen MR) is 106 cm³/mol. The Morgan fingerprint density at radius 1 is 1.15 bits per heavy atom. The fourth-order valence-corrected chi connectivity index (χ4v) is 3.59. The lowest BCUT2D eigenvalue weighted by atomic mass is 9.89. The monoisotopic (exact) mass is 469 g/mol. The van der Waals surface area contributed by atoms with Gasteiger partial charge in [0.25, 0.3) is 5.91 Å². The molecule has 4 rings (SSSR count). The lowest BCUT2D eigenvalue weighted by molar-refractivity contribution is -0.192. The van der Waals surface area contributed by atoms with Crippen LogP contribution < -0.4 is 0 Å². The van der Waals surface area contributed by atoms with Crippen molar-refractivity contribution in [2.45, 2.75) is 31.2 Å². The second kappa shape index (κ2) is 10.0. The third-order valence-corrected chi connectivity index (χ3v) is 5.35. The molecule has 2 aliphatic rings. The summed E-state index contributed by atoms with van der Waals surface area (Å²) in [4.78, 5) is 41.5. The molecular formula is C21H22F3N3O6. The van der Waals surface area contributed by atoms with Crippen molar-refractivity contribution in [3.63, 3.8) is 0 Å². The van der Waals surface area contributed by atoms with Gasteiger partial charge in [-0.15, -0.1) is 0 Å². The van der Waals surface area contributed by atoms with Crippen molar-refractivity contribution in [1.29, 1.82) is 0 Å². The van der Waals surface area contributed by atoms with Crippen molar-refractivity contribution in [3.05, 3.63) is 54.2 Å². The number of carbonyl (C=O) groups excluding carboxylic acids is 2. The van der Waals surface area contributed by atoms with Gasteiger partial charge in [-0.3, -0.25) is 14.6 Å². The number of pyridine rings is 1. The third-order valence-electron chi connectivity index (χ3n) is 5.35. The molecule has 1 N–H and O–H groups in total. The van der Waals surface area contributed by atoms with E-state index in [0.717, 1.165) is 5.69 Å². The number of carboxylic acid groups (broad SMARTS) is 1. The number of ether oxygens (including phenoxy) is 1. The molecule has 2 aromatic rings. The van der Waals surface area contributed by atoms with E-state index in [1.807, 2.05) is 23.1 Å². The number of aromatic nitrogens is 1. The number of carboxylic acids is 1. The summed E-state index contributed by atoms with van der Waals surface area (Å²) in [6.45, 7) is 2.28. The summed E-state index contributed by atoms with van der Waals surface area (Å²) in [7, 11) is 0. The molecule has 0 bridgehead atoms. The van der Waals surface area contributed by atoms with Gasteiger partial charge >= 0.3 is 12.1 Å². The number of amides is 2. The van der Waals surface area contributed by atoms with Crippen LogP contribution in [0.4, 0.5) is 13.2 Å². The molecule has 0 aliphatic carbocycles. The first kappa shape index (κ1) is 24.2. The molecule has 178 valence electrons. The number of aliphatic carboxylic acids is 1. The number of morpholine rings is 1. The zero-order chi connectivity index (χ0) is 24.1. The van der Waals surface area contributed by atoms with Crippen LogP contribution in [0.15, 0.2) is 47.2 Å². The van der Waals surface area contributed by atoms with Crippen LogP contribution >= 0.6 is 0 Å². The number of furan rings is 1. The van der Waals surface area contributed by atoms with E-state index in [0.29, 0.717) is 44.8 Å². The summed E-state index contributed by atoms with van der Waals surface area (Å²) < 4.78 is 42.9. The Morgan fingerprint density at radius 2 is 1.85 bits per heavy atom. The fraction of sp³-hybridized carbons (Fsp3) is 0.429. The lowest BCUT2D eigenvalue weighted by Gasteiger charge is -2.46. The molecule has 0 aromatic carbocycles. The van der Waals surface area contributed by atoms with Gasteiger partial charge in [-0.2, -0.15) is 13.2 Å². The van der Waals surface area contributed by atoms with Crippen LogP contribution in [-0.2, 0) is 20.9 Å². The van der Waals surface area contributed by atoms with Gasteiger partial charge in [0.05, 0.1) is 30.6 Å². The van der Waals surface area contributed by atoms with Crippen LogP contribution in [0.25, 0.3) is 0 Å². The van der Waals surface area contributed by atoms with E-state index in [4.69, 9.17) is 19.1 Å². The summed E-state index contributed by atoms with van der Waals surface area (Å²) in [6.07, 6.45) is -0.449. The number of nitrogens with zero attached hydrogens (tertiary/aromatic N) is 3. The summed E-state index contributed by atoms with van der Waals surface area (Å²) in [6, 6.07) is 9.08. The normalized spacial score (nSPS) is 18.0. The van der Waals surface area contributed by atoms with Crippen molar-refractivity contribution in [2.24, 2.45) is 0 Å². The second-order valence-electron chi connectivity index (χ2n) is 7.61. The number of hydrogen-bond donors (Lipinski definition) is 1. The highest BCUT2D eigenvalue weighted by Crippen LogP contribution is 2.31. The predicted octanol–water partition coefficient (Wildman–Crippen LogP) is 2.34. The fourth-order valence-electron chi connectivity index (χ4n) is 3.59. The maximum absolute atomic E-state index is 12.4. The van der Waals surface area contributed by atoms with E-state index in [9.17, 15) is 22.8 Å². The van der Waals surface area contributed by atoms with Gasteiger partial charge in [-0.05, 0) is 37.1 Å². The van der Waals surface area contributed by atoms with Gasteiger partial charge in [0, 0.05) is 19.3 Å². The molecule has 9 nitrogen and oxygen atoms in total. The Kier molecular flexibility index (Phi) is 7.36.